The number of ether oxygens (including phenoxy) is 1. The molecule has 0 amide bonds. The van der Waals surface area contributed by atoms with Crippen molar-refractivity contribution in [3.8, 4) is 0 Å². The normalized spacial score (nSPS) is 10.7. The van der Waals surface area contributed by atoms with Gasteiger partial charge in [-0.15, -0.1) is 0 Å². The van der Waals surface area contributed by atoms with Gasteiger partial charge in [-0.05, 0) is 13.0 Å². The van der Waals surface area contributed by atoms with E-state index in [0.29, 0.717) is 12.4 Å². The molecule has 0 aliphatic carbocycles. The fraction of sp³-hybridized carbons (Fsp3) is 0.778. The van der Waals surface area contributed by atoms with E-state index in [1.165, 1.54) is 0 Å². The summed E-state index contributed by atoms with van der Waals surface area (Å²) in [5.74, 6) is 1.41. The van der Waals surface area contributed by atoms with E-state index in [0.717, 1.165) is 31.8 Å². The predicted molar refractivity (Wildman–Crippen MR) is 51.9 cm³/mol. The summed E-state index contributed by atoms with van der Waals surface area (Å²) >= 11 is 0. The Morgan fingerprint density at radius 3 is 3.07 bits per heavy atom. The molecule has 1 rings (SSSR count). The van der Waals surface area contributed by atoms with Crippen LogP contribution in [0.15, 0.2) is 4.52 Å². The van der Waals surface area contributed by atoms with E-state index < -0.39 is 0 Å². The maximum absolute atomic E-state index is 5.03. The Hall–Kier alpha value is -0.940. The predicted octanol–water partition coefficient (Wildman–Crippen LogP) is 0.758. The van der Waals surface area contributed by atoms with Crippen LogP contribution in [0.3, 0.4) is 0 Å². The first-order chi connectivity index (χ1) is 6.86. The Kier molecular flexibility index (Phi) is 5.17. The highest BCUT2D eigenvalue weighted by Gasteiger charge is 2.04. The van der Waals surface area contributed by atoms with Crippen LogP contribution >= 0.6 is 0 Å². The molecule has 0 aromatic carbocycles. The molecule has 5 heteroatoms. The average molecular weight is 199 g/mol. The van der Waals surface area contributed by atoms with Crippen LogP contribution in [0.5, 0.6) is 0 Å². The molecule has 1 aromatic heterocycles. The van der Waals surface area contributed by atoms with Gasteiger partial charge >= 0.3 is 0 Å². The highest BCUT2D eigenvalue weighted by atomic mass is 16.5. The van der Waals surface area contributed by atoms with E-state index >= 15 is 0 Å². The molecule has 1 N–H and O–H groups in total. The fourth-order valence-electron chi connectivity index (χ4n) is 1.07. The van der Waals surface area contributed by atoms with Crippen LogP contribution in [0, 0.1) is 0 Å². The van der Waals surface area contributed by atoms with Gasteiger partial charge in [-0.25, -0.2) is 0 Å². The second kappa shape index (κ2) is 6.50. The van der Waals surface area contributed by atoms with E-state index in [2.05, 4.69) is 15.5 Å². The third kappa shape index (κ3) is 3.85. The second-order valence-electron chi connectivity index (χ2n) is 2.98. The van der Waals surface area contributed by atoms with Gasteiger partial charge in [0.15, 0.2) is 5.82 Å². The number of rotatable bonds is 7. The van der Waals surface area contributed by atoms with Crippen molar-refractivity contribution in [3.05, 3.63) is 11.7 Å². The van der Waals surface area contributed by atoms with Crippen LogP contribution in [-0.4, -0.2) is 30.4 Å². The molecule has 1 aromatic rings. The molecule has 0 spiro atoms. The summed E-state index contributed by atoms with van der Waals surface area (Å²) in [5, 5.41) is 6.98. The largest absolute Gasteiger partial charge is 0.385 e. The second-order valence-corrected chi connectivity index (χ2v) is 2.98. The van der Waals surface area contributed by atoms with Crippen molar-refractivity contribution in [2.45, 2.75) is 26.3 Å². The minimum absolute atomic E-state index is 0.647. The number of nitrogens with zero attached hydrogens (tertiary/aromatic N) is 2. The first-order valence-electron chi connectivity index (χ1n) is 4.88. The van der Waals surface area contributed by atoms with Gasteiger partial charge in [-0.3, -0.25) is 0 Å². The minimum Gasteiger partial charge on any atom is -0.385 e. The van der Waals surface area contributed by atoms with Crippen molar-refractivity contribution in [1.82, 2.24) is 15.5 Å². The third-order valence-corrected chi connectivity index (χ3v) is 1.79. The Morgan fingerprint density at radius 1 is 1.50 bits per heavy atom. The zero-order chi connectivity index (χ0) is 10.2. The van der Waals surface area contributed by atoms with Gasteiger partial charge < -0.3 is 14.6 Å². The lowest BCUT2D eigenvalue weighted by Crippen LogP contribution is -2.11. The summed E-state index contributed by atoms with van der Waals surface area (Å²) in [6.45, 7) is 4.32. The molecule has 14 heavy (non-hydrogen) atoms. The number of aryl methyl sites for hydroxylation is 1. The van der Waals surface area contributed by atoms with Crippen molar-refractivity contribution in [1.29, 1.82) is 0 Å². The number of hydrogen-bond donors (Lipinski definition) is 1. The van der Waals surface area contributed by atoms with Crippen molar-refractivity contribution in [2.75, 3.05) is 20.3 Å². The van der Waals surface area contributed by atoms with Crippen LogP contribution < -0.4 is 5.32 Å². The number of methoxy groups -OCH3 is 1. The molecule has 0 unspecified atom stereocenters. The summed E-state index contributed by atoms with van der Waals surface area (Å²) in [6.07, 6.45) is 1.74. The first-order valence-corrected chi connectivity index (χ1v) is 4.88. The standard InChI is InChI=1S/C9H17N3O2/c1-3-10-7-9-11-8(12-14-9)5-4-6-13-2/h10H,3-7H2,1-2H3. The van der Waals surface area contributed by atoms with Gasteiger partial charge in [0, 0.05) is 20.1 Å². The van der Waals surface area contributed by atoms with Crippen molar-refractivity contribution >= 4 is 0 Å². The lowest BCUT2D eigenvalue weighted by Gasteiger charge is -1.94. The summed E-state index contributed by atoms with van der Waals surface area (Å²) in [6, 6.07) is 0. The molecule has 0 fully saturated rings. The Labute approximate surface area is 83.8 Å². The first kappa shape index (κ1) is 11.1. The fourth-order valence-corrected chi connectivity index (χ4v) is 1.07. The molecule has 0 saturated heterocycles. The van der Waals surface area contributed by atoms with Crippen LogP contribution in [0.25, 0.3) is 0 Å². The van der Waals surface area contributed by atoms with Gasteiger partial charge in [-0.2, -0.15) is 4.98 Å². The maximum atomic E-state index is 5.03. The highest BCUT2D eigenvalue weighted by Crippen LogP contribution is 2.00. The van der Waals surface area contributed by atoms with E-state index in [-0.39, 0.29) is 0 Å². The molecule has 0 aliphatic heterocycles. The van der Waals surface area contributed by atoms with Crippen molar-refractivity contribution in [3.63, 3.8) is 0 Å². The van der Waals surface area contributed by atoms with Gasteiger partial charge in [0.25, 0.3) is 0 Å². The SMILES string of the molecule is CCNCc1nc(CCCOC)no1. The lowest BCUT2D eigenvalue weighted by atomic mass is 10.3. The van der Waals surface area contributed by atoms with Crippen LogP contribution in [0.4, 0.5) is 0 Å². The molecular weight excluding hydrogens is 182 g/mol. The van der Waals surface area contributed by atoms with Crippen molar-refractivity contribution < 1.29 is 9.26 Å². The minimum atomic E-state index is 0.647. The van der Waals surface area contributed by atoms with Gasteiger partial charge in [0.05, 0.1) is 6.54 Å². The van der Waals surface area contributed by atoms with Crippen LogP contribution in [-0.2, 0) is 17.7 Å². The van der Waals surface area contributed by atoms with E-state index in [9.17, 15) is 0 Å². The molecule has 80 valence electrons. The zero-order valence-corrected chi connectivity index (χ0v) is 8.75. The number of aromatic nitrogens is 2. The van der Waals surface area contributed by atoms with Gasteiger partial charge in [-0.1, -0.05) is 12.1 Å². The molecule has 0 aliphatic rings. The lowest BCUT2D eigenvalue weighted by molar-refractivity contribution is 0.194. The summed E-state index contributed by atoms with van der Waals surface area (Å²) < 4.78 is 9.97. The van der Waals surface area contributed by atoms with E-state index in [1.54, 1.807) is 7.11 Å². The quantitative estimate of drug-likeness (QED) is 0.657. The molecule has 0 atom stereocenters. The van der Waals surface area contributed by atoms with Crippen LogP contribution in [0.1, 0.15) is 25.1 Å². The summed E-state index contributed by atoms with van der Waals surface area (Å²) in [7, 11) is 1.69. The van der Waals surface area contributed by atoms with E-state index in [1.807, 2.05) is 6.92 Å². The third-order valence-electron chi connectivity index (χ3n) is 1.79. The Balaban J connectivity index is 2.27. The molecule has 5 nitrogen and oxygen atoms in total. The van der Waals surface area contributed by atoms with Gasteiger partial charge in [0.2, 0.25) is 5.89 Å². The highest BCUT2D eigenvalue weighted by molar-refractivity contribution is 4.85. The molecule has 0 radical (unpaired) electrons. The van der Waals surface area contributed by atoms with Crippen LogP contribution in [0.2, 0.25) is 0 Å². The average Bonchev–Trinajstić information content (AvgIpc) is 2.63. The Bertz CT molecular complexity index is 250. The van der Waals surface area contributed by atoms with Gasteiger partial charge in [0.1, 0.15) is 0 Å². The number of hydrogen-bond acceptors (Lipinski definition) is 5. The smallest absolute Gasteiger partial charge is 0.240 e. The topological polar surface area (TPSA) is 60.2 Å². The van der Waals surface area contributed by atoms with E-state index in [4.69, 9.17) is 9.26 Å². The Morgan fingerprint density at radius 2 is 2.36 bits per heavy atom. The number of nitrogens with one attached hydrogen (secondary N) is 1. The maximum Gasteiger partial charge on any atom is 0.240 e. The summed E-state index contributed by atoms with van der Waals surface area (Å²) in [4.78, 5) is 4.22. The molecular formula is C9H17N3O2. The van der Waals surface area contributed by atoms with Crippen molar-refractivity contribution in [2.24, 2.45) is 0 Å². The summed E-state index contributed by atoms with van der Waals surface area (Å²) in [5.41, 5.74) is 0. The monoisotopic (exact) mass is 199 g/mol. The zero-order valence-electron chi connectivity index (χ0n) is 8.75. The molecule has 0 bridgehead atoms. The molecule has 1 heterocycles. The molecule has 0 saturated carbocycles.